The highest BCUT2D eigenvalue weighted by atomic mass is 35.5. The van der Waals surface area contributed by atoms with Crippen molar-refractivity contribution >= 4 is 17.5 Å². The van der Waals surface area contributed by atoms with Gasteiger partial charge in [-0.2, -0.15) is 0 Å². The number of hydrogen-bond donors (Lipinski definition) is 1. The topological polar surface area (TPSA) is 32.3 Å². The maximum atomic E-state index is 12.2. The number of hydrogen-bond acceptors (Lipinski definition) is 2. The average molecular weight is 253 g/mol. The van der Waals surface area contributed by atoms with Gasteiger partial charge in [-0.25, -0.2) is 0 Å². The van der Waals surface area contributed by atoms with Crippen LogP contribution in [0.2, 0.25) is 5.02 Å². The number of carbonyl (C=O) groups excluding carboxylic acids is 1. The molecule has 1 amide bonds. The van der Waals surface area contributed by atoms with Gasteiger partial charge >= 0.3 is 0 Å². The Balaban J connectivity index is 2.06. The van der Waals surface area contributed by atoms with Crippen molar-refractivity contribution in [1.82, 2.24) is 10.2 Å². The van der Waals surface area contributed by atoms with Crippen molar-refractivity contribution in [2.75, 3.05) is 20.1 Å². The number of nitrogens with zero attached hydrogens (tertiary/aromatic N) is 1. The Kier molecular flexibility index (Phi) is 4.02. The number of nitrogens with one attached hydrogen (secondary N) is 1. The molecule has 0 bridgehead atoms. The molecule has 0 unspecified atom stereocenters. The summed E-state index contributed by atoms with van der Waals surface area (Å²) in [7, 11) is 1.95. The second-order valence-corrected chi connectivity index (χ2v) is 4.82. The fourth-order valence-electron chi connectivity index (χ4n) is 2.17. The molecule has 1 aromatic rings. The SMILES string of the molecule is CN[C@H]1CCCN(C(=O)c2ccc(Cl)cc2)C1. The second-order valence-electron chi connectivity index (χ2n) is 4.39. The minimum atomic E-state index is 0.0987. The highest BCUT2D eigenvalue weighted by Gasteiger charge is 2.23. The van der Waals surface area contributed by atoms with Gasteiger partial charge in [-0.15, -0.1) is 0 Å². The molecule has 1 N–H and O–H groups in total. The van der Waals surface area contributed by atoms with Crippen LogP contribution in [0.15, 0.2) is 24.3 Å². The first kappa shape index (κ1) is 12.4. The molecule has 0 spiro atoms. The van der Waals surface area contributed by atoms with Crippen LogP contribution in [0.25, 0.3) is 0 Å². The molecule has 17 heavy (non-hydrogen) atoms. The maximum absolute atomic E-state index is 12.2. The molecule has 0 aromatic heterocycles. The van der Waals surface area contributed by atoms with Crippen molar-refractivity contribution in [2.45, 2.75) is 18.9 Å². The number of likely N-dealkylation sites (N-methyl/N-ethyl adjacent to an activating group) is 1. The molecule has 2 rings (SSSR count). The van der Waals surface area contributed by atoms with E-state index in [9.17, 15) is 4.79 Å². The third-order valence-electron chi connectivity index (χ3n) is 3.21. The lowest BCUT2D eigenvalue weighted by atomic mass is 10.0. The summed E-state index contributed by atoms with van der Waals surface area (Å²) in [5, 5.41) is 3.89. The van der Waals surface area contributed by atoms with Crippen LogP contribution >= 0.6 is 11.6 Å². The zero-order valence-electron chi connectivity index (χ0n) is 9.95. The van der Waals surface area contributed by atoms with E-state index in [0.29, 0.717) is 16.6 Å². The zero-order valence-corrected chi connectivity index (χ0v) is 10.7. The molecule has 1 saturated heterocycles. The van der Waals surface area contributed by atoms with E-state index < -0.39 is 0 Å². The predicted molar refractivity (Wildman–Crippen MR) is 69.4 cm³/mol. The number of carbonyl (C=O) groups is 1. The van der Waals surface area contributed by atoms with Gasteiger partial charge in [0.1, 0.15) is 0 Å². The number of halogens is 1. The molecule has 1 atom stereocenters. The van der Waals surface area contributed by atoms with E-state index in [1.54, 1.807) is 24.3 Å². The Bertz CT molecular complexity index is 391. The van der Waals surface area contributed by atoms with Gasteiger partial charge in [-0.05, 0) is 44.2 Å². The van der Waals surface area contributed by atoms with Gasteiger partial charge in [0.05, 0.1) is 0 Å². The number of likely N-dealkylation sites (tertiary alicyclic amines) is 1. The lowest BCUT2D eigenvalue weighted by Crippen LogP contribution is -2.46. The summed E-state index contributed by atoms with van der Waals surface area (Å²) in [4.78, 5) is 14.1. The van der Waals surface area contributed by atoms with Crippen molar-refractivity contribution in [3.05, 3.63) is 34.9 Å². The Morgan fingerprint density at radius 1 is 1.41 bits per heavy atom. The normalized spacial score (nSPS) is 20.4. The van der Waals surface area contributed by atoms with Crippen LogP contribution in [0.3, 0.4) is 0 Å². The minimum Gasteiger partial charge on any atom is -0.337 e. The monoisotopic (exact) mass is 252 g/mol. The molecular formula is C13H17ClN2O. The van der Waals surface area contributed by atoms with E-state index in [-0.39, 0.29) is 5.91 Å². The smallest absolute Gasteiger partial charge is 0.253 e. The summed E-state index contributed by atoms with van der Waals surface area (Å²) in [6, 6.07) is 7.50. The summed E-state index contributed by atoms with van der Waals surface area (Å²) in [5.74, 6) is 0.0987. The molecule has 1 fully saturated rings. The molecule has 3 nitrogen and oxygen atoms in total. The van der Waals surface area contributed by atoms with Crippen LogP contribution in [0.4, 0.5) is 0 Å². The van der Waals surface area contributed by atoms with Crippen molar-refractivity contribution in [1.29, 1.82) is 0 Å². The van der Waals surface area contributed by atoms with Gasteiger partial charge in [0.25, 0.3) is 5.91 Å². The molecule has 1 heterocycles. The first-order chi connectivity index (χ1) is 8.20. The van der Waals surface area contributed by atoms with Crippen molar-refractivity contribution < 1.29 is 4.79 Å². The molecule has 92 valence electrons. The van der Waals surface area contributed by atoms with Crippen molar-refractivity contribution in [3.8, 4) is 0 Å². The average Bonchev–Trinajstić information content (AvgIpc) is 2.39. The standard InChI is InChI=1S/C13H17ClN2O/c1-15-12-3-2-8-16(9-12)13(17)10-4-6-11(14)7-5-10/h4-7,12,15H,2-3,8-9H2,1H3/t12-/m0/s1. The molecule has 1 aliphatic heterocycles. The van der Waals surface area contributed by atoms with E-state index in [4.69, 9.17) is 11.6 Å². The summed E-state index contributed by atoms with van der Waals surface area (Å²) < 4.78 is 0. The molecule has 0 aliphatic carbocycles. The maximum Gasteiger partial charge on any atom is 0.253 e. The highest BCUT2D eigenvalue weighted by Crippen LogP contribution is 2.15. The first-order valence-electron chi connectivity index (χ1n) is 5.93. The van der Waals surface area contributed by atoms with Gasteiger partial charge < -0.3 is 10.2 Å². The van der Waals surface area contributed by atoms with E-state index in [1.165, 1.54) is 0 Å². The largest absolute Gasteiger partial charge is 0.337 e. The van der Waals surface area contributed by atoms with Crippen LogP contribution in [-0.2, 0) is 0 Å². The van der Waals surface area contributed by atoms with E-state index in [2.05, 4.69) is 5.32 Å². The molecule has 0 saturated carbocycles. The molecule has 1 aromatic carbocycles. The molecule has 1 aliphatic rings. The van der Waals surface area contributed by atoms with Crippen molar-refractivity contribution in [3.63, 3.8) is 0 Å². The van der Waals surface area contributed by atoms with Gasteiger partial charge in [0.15, 0.2) is 0 Å². The Labute approximate surface area is 107 Å². The van der Waals surface area contributed by atoms with Gasteiger partial charge in [0.2, 0.25) is 0 Å². The van der Waals surface area contributed by atoms with Crippen molar-refractivity contribution in [2.24, 2.45) is 0 Å². The number of piperidine rings is 1. The lowest BCUT2D eigenvalue weighted by Gasteiger charge is -2.32. The second kappa shape index (κ2) is 5.52. The Morgan fingerprint density at radius 2 is 2.12 bits per heavy atom. The zero-order chi connectivity index (χ0) is 12.3. The first-order valence-corrected chi connectivity index (χ1v) is 6.30. The van der Waals surface area contributed by atoms with Crippen LogP contribution in [0.1, 0.15) is 23.2 Å². The molecular weight excluding hydrogens is 236 g/mol. The third kappa shape index (κ3) is 2.99. The van der Waals surface area contributed by atoms with E-state index in [0.717, 1.165) is 25.9 Å². The minimum absolute atomic E-state index is 0.0987. The third-order valence-corrected chi connectivity index (χ3v) is 3.46. The molecule has 0 radical (unpaired) electrons. The van der Waals surface area contributed by atoms with Crippen LogP contribution in [0, 0.1) is 0 Å². The lowest BCUT2D eigenvalue weighted by molar-refractivity contribution is 0.0698. The molecule has 4 heteroatoms. The van der Waals surface area contributed by atoms with Gasteiger partial charge in [-0.3, -0.25) is 4.79 Å². The number of benzene rings is 1. The van der Waals surface area contributed by atoms with Crippen LogP contribution < -0.4 is 5.32 Å². The quantitative estimate of drug-likeness (QED) is 0.875. The fraction of sp³-hybridized carbons (Fsp3) is 0.462. The fourth-order valence-corrected chi connectivity index (χ4v) is 2.30. The van der Waals surface area contributed by atoms with Crippen LogP contribution in [0.5, 0.6) is 0 Å². The summed E-state index contributed by atoms with van der Waals surface area (Å²) in [6.45, 7) is 1.64. The summed E-state index contributed by atoms with van der Waals surface area (Å²) in [6.07, 6.45) is 2.20. The Hall–Kier alpha value is -1.06. The number of rotatable bonds is 2. The Morgan fingerprint density at radius 3 is 2.76 bits per heavy atom. The summed E-state index contributed by atoms with van der Waals surface area (Å²) >= 11 is 5.81. The van der Waals surface area contributed by atoms with Crippen LogP contribution in [-0.4, -0.2) is 37.0 Å². The number of amides is 1. The summed E-state index contributed by atoms with van der Waals surface area (Å²) in [5.41, 5.74) is 0.714. The van der Waals surface area contributed by atoms with Gasteiger partial charge in [-0.1, -0.05) is 11.6 Å². The van der Waals surface area contributed by atoms with Gasteiger partial charge in [0, 0.05) is 29.7 Å². The predicted octanol–water partition coefficient (Wildman–Crippen LogP) is 2.16. The van der Waals surface area contributed by atoms with E-state index in [1.807, 2.05) is 11.9 Å². The van der Waals surface area contributed by atoms with E-state index >= 15 is 0 Å². The highest BCUT2D eigenvalue weighted by molar-refractivity contribution is 6.30.